The second-order valence-corrected chi connectivity index (χ2v) is 2.01. The van der Waals surface area contributed by atoms with Crippen LogP contribution in [-0.2, 0) is 0 Å². The summed E-state index contributed by atoms with van der Waals surface area (Å²) in [4.78, 5) is 7.90. The molecule has 0 atom stereocenters. The Balaban J connectivity index is 2.45. The number of pyridine rings is 1. The molecule has 0 saturated carbocycles. The standard InChI is InChI=1S/C8H11N3/c1-2-9-7-11-8-3-5-10-6-4-8/h3-7H,2H2,1H3,(H,9,10,11). The average molecular weight is 149 g/mol. The number of hydrogen-bond acceptors (Lipinski definition) is 2. The number of aromatic nitrogens is 1. The Morgan fingerprint density at radius 2 is 2.27 bits per heavy atom. The van der Waals surface area contributed by atoms with Crippen LogP contribution in [0.3, 0.4) is 0 Å². The minimum atomic E-state index is 0.804. The molecule has 3 heteroatoms. The Morgan fingerprint density at radius 3 is 2.91 bits per heavy atom. The highest BCUT2D eigenvalue weighted by atomic mass is 14.9. The van der Waals surface area contributed by atoms with Gasteiger partial charge in [-0.1, -0.05) is 0 Å². The minimum Gasteiger partial charge on any atom is -0.347 e. The topological polar surface area (TPSA) is 37.3 Å². The average Bonchev–Trinajstić information content (AvgIpc) is 2.07. The SMILES string of the molecule is CCN=CNc1ccncc1. The Morgan fingerprint density at radius 1 is 1.55 bits per heavy atom. The van der Waals surface area contributed by atoms with Crippen molar-refractivity contribution in [2.75, 3.05) is 11.9 Å². The Labute approximate surface area is 66.2 Å². The summed E-state index contributed by atoms with van der Waals surface area (Å²) in [6, 6.07) is 3.78. The summed E-state index contributed by atoms with van der Waals surface area (Å²) in [5.74, 6) is 0. The lowest BCUT2D eigenvalue weighted by Crippen LogP contribution is -1.94. The van der Waals surface area contributed by atoms with Crippen molar-refractivity contribution < 1.29 is 0 Å². The molecule has 3 nitrogen and oxygen atoms in total. The van der Waals surface area contributed by atoms with E-state index in [2.05, 4.69) is 15.3 Å². The zero-order chi connectivity index (χ0) is 7.94. The molecular formula is C8H11N3. The fourth-order valence-corrected chi connectivity index (χ4v) is 0.660. The zero-order valence-corrected chi connectivity index (χ0v) is 6.49. The van der Waals surface area contributed by atoms with Gasteiger partial charge in [0.1, 0.15) is 0 Å². The summed E-state index contributed by atoms with van der Waals surface area (Å²) in [6.07, 6.45) is 5.17. The first kappa shape index (κ1) is 7.72. The number of anilines is 1. The van der Waals surface area contributed by atoms with Crippen LogP contribution in [0.1, 0.15) is 6.92 Å². The van der Waals surface area contributed by atoms with Gasteiger partial charge in [0.15, 0.2) is 0 Å². The Bertz CT molecular complexity index is 218. The highest BCUT2D eigenvalue weighted by Gasteiger charge is 1.82. The molecule has 0 saturated heterocycles. The van der Waals surface area contributed by atoms with Crippen LogP contribution in [0.4, 0.5) is 5.69 Å². The molecule has 0 unspecified atom stereocenters. The second-order valence-electron chi connectivity index (χ2n) is 2.01. The van der Waals surface area contributed by atoms with E-state index in [9.17, 15) is 0 Å². The van der Waals surface area contributed by atoms with Crippen molar-refractivity contribution in [2.24, 2.45) is 4.99 Å². The Hall–Kier alpha value is -1.38. The van der Waals surface area contributed by atoms with Gasteiger partial charge >= 0.3 is 0 Å². The number of nitrogens with zero attached hydrogens (tertiary/aromatic N) is 2. The Kier molecular flexibility index (Phi) is 3.12. The van der Waals surface area contributed by atoms with E-state index in [0.29, 0.717) is 0 Å². The summed E-state index contributed by atoms with van der Waals surface area (Å²) >= 11 is 0. The largest absolute Gasteiger partial charge is 0.347 e. The predicted octanol–water partition coefficient (Wildman–Crippen LogP) is 1.54. The van der Waals surface area contributed by atoms with E-state index < -0.39 is 0 Å². The van der Waals surface area contributed by atoms with Gasteiger partial charge in [0, 0.05) is 24.6 Å². The summed E-state index contributed by atoms with van der Waals surface area (Å²) in [5, 5.41) is 3.01. The van der Waals surface area contributed by atoms with E-state index in [1.807, 2.05) is 19.1 Å². The zero-order valence-electron chi connectivity index (χ0n) is 6.49. The molecule has 1 N–H and O–H groups in total. The fourth-order valence-electron chi connectivity index (χ4n) is 0.660. The van der Waals surface area contributed by atoms with Crippen LogP contribution < -0.4 is 5.32 Å². The summed E-state index contributed by atoms with van der Waals surface area (Å²) in [7, 11) is 0. The highest BCUT2D eigenvalue weighted by Crippen LogP contribution is 2.00. The van der Waals surface area contributed by atoms with Crippen LogP contribution in [-0.4, -0.2) is 17.9 Å². The lowest BCUT2D eigenvalue weighted by atomic mass is 10.4. The first-order chi connectivity index (χ1) is 5.43. The first-order valence-corrected chi connectivity index (χ1v) is 3.58. The molecule has 0 amide bonds. The van der Waals surface area contributed by atoms with E-state index >= 15 is 0 Å². The third-order valence-corrected chi connectivity index (χ3v) is 1.19. The highest BCUT2D eigenvalue weighted by molar-refractivity contribution is 5.74. The van der Waals surface area contributed by atoms with E-state index in [1.54, 1.807) is 18.7 Å². The molecule has 58 valence electrons. The van der Waals surface area contributed by atoms with Crippen molar-refractivity contribution in [3.8, 4) is 0 Å². The lowest BCUT2D eigenvalue weighted by Gasteiger charge is -1.96. The molecule has 0 radical (unpaired) electrons. The number of rotatable bonds is 3. The first-order valence-electron chi connectivity index (χ1n) is 3.58. The van der Waals surface area contributed by atoms with Crippen molar-refractivity contribution in [1.29, 1.82) is 0 Å². The van der Waals surface area contributed by atoms with Crippen LogP contribution in [0.5, 0.6) is 0 Å². The van der Waals surface area contributed by atoms with Crippen LogP contribution in [0.25, 0.3) is 0 Å². The molecule has 0 aliphatic carbocycles. The molecule has 0 aliphatic rings. The van der Waals surface area contributed by atoms with Crippen LogP contribution in [0.15, 0.2) is 29.5 Å². The van der Waals surface area contributed by atoms with Gasteiger partial charge in [-0.3, -0.25) is 9.98 Å². The smallest absolute Gasteiger partial charge is 0.0867 e. The lowest BCUT2D eigenvalue weighted by molar-refractivity contribution is 1.14. The molecule has 0 fully saturated rings. The normalized spacial score (nSPS) is 10.3. The summed E-state index contributed by atoms with van der Waals surface area (Å²) in [6.45, 7) is 2.79. The van der Waals surface area contributed by atoms with Crippen LogP contribution in [0.2, 0.25) is 0 Å². The predicted molar refractivity (Wildman–Crippen MR) is 46.9 cm³/mol. The molecule has 0 aliphatic heterocycles. The number of nitrogens with one attached hydrogen (secondary N) is 1. The van der Waals surface area contributed by atoms with Gasteiger partial charge in [-0.2, -0.15) is 0 Å². The molecular weight excluding hydrogens is 138 g/mol. The molecule has 0 spiro atoms. The molecule has 11 heavy (non-hydrogen) atoms. The minimum absolute atomic E-state index is 0.804. The third-order valence-electron chi connectivity index (χ3n) is 1.19. The van der Waals surface area contributed by atoms with E-state index in [0.717, 1.165) is 12.2 Å². The van der Waals surface area contributed by atoms with Gasteiger partial charge in [0.2, 0.25) is 0 Å². The molecule has 1 aromatic rings. The van der Waals surface area contributed by atoms with Crippen molar-refractivity contribution in [3.05, 3.63) is 24.5 Å². The quantitative estimate of drug-likeness (QED) is 0.523. The monoisotopic (exact) mass is 149 g/mol. The van der Waals surface area contributed by atoms with Gasteiger partial charge < -0.3 is 5.32 Å². The van der Waals surface area contributed by atoms with Gasteiger partial charge in [0.25, 0.3) is 0 Å². The van der Waals surface area contributed by atoms with Crippen molar-refractivity contribution in [2.45, 2.75) is 6.92 Å². The molecule has 0 bridgehead atoms. The maximum Gasteiger partial charge on any atom is 0.0867 e. The summed E-state index contributed by atoms with van der Waals surface area (Å²) < 4.78 is 0. The van der Waals surface area contributed by atoms with Gasteiger partial charge in [-0.05, 0) is 19.1 Å². The van der Waals surface area contributed by atoms with Crippen LogP contribution in [0, 0.1) is 0 Å². The van der Waals surface area contributed by atoms with E-state index in [4.69, 9.17) is 0 Å². The third kappa shape index (κ3) is 2.80. The van der Waals surface area contributed by atoms with Gasteiger partial charge in [0.05, 0.1) is 6.34 Å². The number of aliphatic imine (C=N–C) groups is 1. The maximum atomic E-state index is 4.01. The molecule has 1 rings (SSSR count). The molecule has 1 heterocycles. The van der Waals surface area contributed by atoms with E-state index in [-0.39, 0.29) is 0 Å². The number of hydrogen-bond donors (Lipinski definition) is 1. The maximum absolute atomic E-state index is 4.01. The van der Waals surface area contributed by atoms with Gasteiger partial charge in [-0.25, -0.2) is 0 Å². The van der Waals surface area contributed by atoms with Crippen molar-refractivity contribution >= 4 is 12.0 Å². The van der Waals surface area contributed by atoms with Gasteiger partial charge in [-0.15, -0.1) is 0 Å². The van der Waals surface area contributed by atoms with Crippen molar-refractivity contribution in [3.63, 3.8) is 0 Å². The molecule has 1 aromatic heterocycles. The van der Waals surface area contributed by atoms with E-state index in [1.165, 1.54) is 0 Å². The summed E-state index contributed by atoms with van der Waals surface area (Å²) in [5.41, 5.74) is 1.01. The van der Waals surface area contributed by atoms with Crippen LogP contribution >= 0.6 is 0 Å². The van der Waals surface area contributed by atoms with Crippen molar-refractivity contribution in [1.82, 2.24) is 4.98 Å². The fraction of sp³-hybridized carbons (Fsp3) is 0.250. The second kappa shape index (κ2) is 4.44. The molecule has 0 aromatic carbocycles.